The number of hydrogen-bond acceptors (Lipinski definition) is 1. The van der Waals surface area contributed by atoms with Gasteiger partial charge >= 0.3 is 0 Å². The van der Waals surface area contributed by atoms with Gasteiger partial charge in [0.15, 0.2) is 0 Å². The van der Waals surface area contributed by atoms with Crippen LogP contribution >= 0.6 is 15.9 Å². The Bertz CT molecular complexity index is 401. The fourth-order valence-electron chi connectivity index (χ4n) is 3.07. The minimum Gasteiger partial charge on any atom is -0.385 e. The normalized spacial score (nSPS) is 20.5. The average molecular weight is 333 g/mol. The van der Waals surface area contributed by atoms with Gasteiger partial charge in [0.1, 0.15) is 0 Å². The highest BCUT2D eigenvalue weighted by molar-refractivity contribution is 9.10. The van der Waals surface area contributed by atoms with Gasteiger partial charge in [0, 0.05) is 10.9 Å². The van der Waals surface area contributed by atoms with Crippen LogP contribution in [0.3, 0.4) is 0 Å². The van der Waals surface area contributed by atoms with Crippen LogP contribution in [0, 0.1) is 5.92 Å². The van der Waals surface area contributed by atoms with Gasteiger partial charge in [-0.1, -0.05) is 47.3 Å². The molecule has 1 aromatic carbocycles. The zero-order chi connectivity index (χ0) is 13.9. The van der Waals surface area contributed by atoms with Crippen LogP contribution < -0.4 is 0 Å². The lowest BCUT2D eigenvalue weighted by molar-refractivity contribution is -0.0809. The topological polar surface area (TPSA) is 20.2 Å². The van der Waals surface area contributed by atoms with E-state index in [1.807, 2.05) is 0 Å². The van der Waals surface area contributed by atoms with E-state index in [4.69, 9.17) is 0 Å². The van der Waals surface area contributed by atoms with Crippen molar-refractivity contribution in [3.63, 3.8) is 0 Å². The molecule has 0 aliphatic heterocycles. The van der Waals surface area contributed by atoms with Crippen molar-refractivity contribution in [3.05, 3.63) is 34.3 Å². The molecule has 1 saturated carbocycles. The number of rotatable bonds is 4. The zero-order valence-electron chi connectivity index (χ0n) is 10.8. The molecule has 1 aliphatic rings. The second kappa shape index (κ2) is 6.31. The molecule has 2 rings (SSSR count). The summed E-state index contributed by atoms with van der Waals surface area (Å²) < 4.78 is 26.6. The van der Waals surface area contributed by atoms with Crippen molar-refractivity contribution in [2.24, 2.45) is 5.92 Å². The van der Waals surface area contributed by atoms with Crippen LogP contribution in [0.25, 0.3) is 0 Å². The maximum absolute atomic E-state index is 12.9. The Morgan fingerprint density at radius 3 is 2.26 bits per heavy atom. The zero-order valence-corrected chi connectivity index (χ0v) is 12.4. The second-order valence-corrected chi connectivity index (χ2v) is 6.28. The first-order valence-electron chi connectivity index (χ1n) is 6.79. The molecule has 1 aliphatic carbocycles. The lowest BCUT2D eigenvalue weighted by Crippen LogP contribution is -2.38. The minimum atomic E-state index is -2.49. The van der Waals surface area contributed by atoms with Crippen LogP contribution in [0.15, 0.2) is 28.7 Å². The SMILES string of the molecule is OC(CC(F)F)(c1ccc(Br)cc1)C1CCCCC1. The van der Waals surface area contributed by atoms with Gasteiger partial charge in [-0.3, -0.25) is 0 Å². The van der Waals surface area contributed by atoms with E-state index < -0.39 is 18.4 Å². The lowest BCUT2D eigenvalue weighted by atomic mass is 9.72. The van der Waals surface area contributed by atoms with E-state index in [9.17, 15) is 13.9 Å². The summed E-state index contributed by atoms with van der Waals surface area (Å²) in [6.07, 6.45) is 1.88. The highest BCUT2D eigenvalue weighted by Gasteiger charge is 2.41. The fraction of sp³-hybridized carbons (Fsp3) is 0.600. The van der Waals surface area contributed by atoms with Crippen LogP contribution in [0.1, 0.15) is 44.1 Å². The Morgan fingerprint density at radius 2 is 1.74 bits per heavy atom. The first kappa shape index (κ1) is 14.9. The number of benzene rings is 1. The molecular weight excluding hydrogens is 314 g/mol. The molecule has 0 radical (unpaired) electrons. The molecule has 106 valence electrons. The largest absolute Gasteiger partial charge is 0.385 e. The van der Waals surface area contributed by atoms with E-state index in [0.717, 1.165) is 36.6 Å². The van der Waals surface area contributed by atoms with Crippen LogP contribution in [0.5, 0.6) is 0 Å². The minimum absolute atomic E-state index is 0.0589. The summed E-state index contributed by atoms with van der Waals surface area (Å²) in [6, 6.07) is 7.10. The van der Waals surface area contributed by atoms with Gasteiger partial charge in [0.05, 0.1) is 5.60 Å². The summed E-state index contributed by atoms with van der Waals surface area (Å²) in [4.78, 5) is 0. The Kier molecular flexibility index (Phi) is 4.96. The fourth-order valence-corrected chi connectivity index (χ4v) is 3.34. The summed E-state index contributed by atoms with van der Waals surface area (Å²) in [5.41, 5.74) is -0.780. The molecular formula is C15H19BrF2O. The third kappa shape index (κ3) is 3.54. The Balaban J connectivity index is 2.29. The van der Waals surface area contributed by atoms with Gasteiger partial charge < -0.3 is 5.11 Å². The number of aliphatic hydroxyl groups is 1. The van der Waals surface area contributed by atoms with Gasteiger partial charge in [0.2, 0.25) is 6.43 Å². The molecule has 0 spiro atoms. The highest BCUT2D eigenvalue weighted by Crippen LogP contribution is 2.43. The van der Waals surface area contributed by atoms with Gasteiger partial charge in [-0.2, -0.15) is 0 Å². The predicted molar refractivity (Wildman–Crippen MR) is 75.2 cm³/mol. The van der Waals surface area contributed by atoms with E-state index in [2.05, 4.69) is 15.9 Å². The predicted octanol–water partition coefficient (Wildman–Crippen LogP) is 4.87. The van der Waals surface area contributed by atoms with Gasteiger partial charge in [-0.05, 0) is 36.5 Å². The van der Waals surface area contributed by atoms with Crippen molar-refractivity contribution in [1.29, 1.82) is 0 Å². The molecule has 0 heterocycles. The standard InChI is InChI=1S/C15H19BrF2O/c16-13-8-6-12(7-9-13)15(19,10-14(17)18)11-4-2-1-3-5-11/h6-9,11,14,19H,1-5,10H2. The Hall–Kier alpha value is -0.480. The molecule has 1 atom stereocenters. The molecule has 0 saturated heterocycles. The highest BCUT2D eigenvalue weighted by atomic mass is 79.9. The van der Waals surface area contributed by atoms with Gasteiger partial charge in [-0.25, -0.2) is 8.78 Å². The van der Waals surface area contributed by atoms with Crippen molar-refractivity contribution < 1.29 is 13.9 Å². The number of hydrogen-bond donors (Lipinski definition) is 1. The van der Waals surface area contributed by atoms with Gasteiger partial charge in [-0.15, -0.1) is 0 Å². The van der Waals surface area contributed by atoms with Crippen molar-refractivity contribution in [1.82, 2.24) is 0 Å². The maximum Gasteiger partial charge on any atom is 0.241 e. The van der Waals surface area contributed by atoms with E-state index in [-0.39, 0.29) is 5.92 Å². The van der Waals surface area contributed by atoms with Crippen LogP contribution in [-0.4, -0.2) is 11.5 Å². The van der Waals surface area contributed by atoms with Crippen molar-refractivity contribution in [2.75, 3.05) is 0 Å². The first-order valence-corrected chi connectivity index (χ1v) is 7.58. The molecule has 1 N–H and O–H groups in total. The van der Waals surface area contributed by atoms with E-state index >= 15 is 0 Å². The smallest absolute Gasteiger partial charge is 0.241 e. The maximum atomic E-state index is 12.9. The van der Waals surface area contributed by atoms with Gasteiger partial charge in [0.25, 0.3) is 0 Å². The third-order valence-electron chi connectivity index (χ3n) is 4.09. The Morgan fingerprint density at radius 1 is 1.16 bits per heavy atom. The molecule has 1 nitrogen and oxygen atoms in total. The quantitative estimate of drug-likeness (QED) is 0.833. The molecule has 1 unspecified atom stereocenters. The molecule has 19 heavy (non-hydrogen) atoms. The average Bonchev–Trinajstić information content (AvgIpc) is 2.39. The van der Waals surface area contributed by atoms with Crippen LogP contribution in [0.4, 0.5) is 8.78 Å². The Labute approximate surface area is 121 Å². The summed E-state index contributed by atoms with van der Waals surface area (Å²) in [5, 5.41) is 10.9. The van der Waals surface area contributed by atoms with Crippen molar-refractivity contribution in [2.45, 2.75) is 50.6 Å². The summed E-state index contributed by atoms with van der Waals surface area (Å²) >= 11 is 3.33. The van der Waals surface area contributed by atoms with Crippen molar-refractivity contribution >= 4 is 15.9 Å². The van der Waals surface area contributed by atoms with Crippen LogP contribution in [0.2, 0.25) is 0 Å². The monoisotopic (exact) mass is 332 g/mol. The van der Waals surface area contributed by atoms with Crippen LogP contribution in [-0.2, 0) is 5.60 Å². The summed E-state index contributed by atoms with van der Waals surface area (Å²) in [5.74, 6) is -0.0589. The summed E-state index contributed by atoms with van der Waals surface area (Å²) in [7, 11) is 0. The number of alkyl halides is 2. The molecule has 1 aromatic rings. The molecule has 1 fully saturated rings. The van der Waals surface area contributed by atoms with E-state index in [0.29, 0.717) is 5.56 Å². The summed E-state index contributed by atoms with van der Waals surface area (Å²) in [6.45, 7) is 0. The molecule has 0 aromatic heterocycles. The molecule has 4 heteroatoms. The third-order valence-corrected chi connectivity index (χ3v) is 4.62. The molecule has 0 amide bonds. The number of halogens is 3. The lowest BCUT2D eigenvalue weighted by Gasteiger charge is -2.39. The first-order chi connectivity index (χ1) is 9.02. The van der Waals surface area contributed by atoms with E-state index in [1.165, 1.54) is 0 Å². The molecule has 0 bridgehead atoms. The second-order valence-electron chi connectivity index (χ2n) is 5.36. The van der Waals surface area contributed by atoms with E-state index in [1.54, 1.807) is 24.3 Å². The van der Waals surface area contributed by atoms with Crippen molar-refractivity contribution in [3.8, 4) is 0 Å².